The van der Waals surface area contributed by atoms with Gasteiger partial charge in [-0.3, -0.25) is 0 Å². The van der Waals surface area contributed by atoms with Gasteiger partial charge in [-0.2, -0.15) is 0 Å². The first-order valence-electron chi connectivity index (χ1n) is 7.31. The Kier molecular flexibility index (Phi) is 6.29. The van der Waals surface area contributed by atoms with Crippen LogP contribution in [0, 0.1) is 5.82 Å². The number of halogens is 1. The normalized spacial score (nSPS) is 16.3. The summed E-state index contributed by atoms with van der Waals surface area (Å²) in [6.45, 7) is 12.0. The van der Waals surface area contributed by atoms with Gasteiger partial charge in [0.15, 0.2) is 0 Å². The maximum absolute atomic E-state index is 14.0. The molecule has 0 radical (unpaired) electrons. The smallest absolute Gasteiger partial charge is 0.146 e. The Balaban J connectivity index is 0.000000861. The fraction of sp³-hybridized carbons (Fsp3) is 0.625. The molecule has 1 heterocycles. The van der Waals surface area contributed by atoms with E-state index < -0.39 is 0 Å². The summed E-state index contributed by atoms with van der Waals surface area (Å²) in [6, 6.07) is 5.65. The molecule has 0 atom stereocenters. The highest BCUT2D eigenvalue weighted by atomic mass is 19.1. The van der Waals surface area contributed by atoms with Crippen LogP contribution in [0.3, 0.4) is 0 Å². The molecule has 0 unspecified atom stereocenters. The predicted octanol–water partition coefficient (Wildman–Crippen LogP) is 3.73. The Bertz CT molecular complexity index is 382. The van der Waals surface area contributed by atoms with Crippen molar-refractivity contribution >= 4 is 5.69 Å². The number of benzene rings is 1. The zero-order valence-corrected chi connectivity index (χ0v) is 12.9. The van der Waals surface area contributed by atoms with E-state index in [1.807, 2.05) is 26.0 Å². The molecule has 19 heavy (non-hydrogen) atoms. The topological polar surface area (TPSA) is 6.48 Å². The second kappa shape index (κ2) is 7.49. The third-order valence-corrected chi connectivity index (χ3v) is 3.48. The number of nitrogens with zero attached hydrogens (tertiary/aromatic N) is 2. The van der Waals surface area contributed by atoms with Crippen LogP contribution < -0.4 is 4.90 Å². The van der Waals surface area contributed by atoms with Crippen molar-refractivity contribution in [3.8, 4) is 0 Å². The highest BCUT2D eigenvalue weighted by Gasteiger charge is 2.17. The van der Waals surface area contributed by atoms with Crippen molar-refractivity contribution in [3.63, 3.8) is 0 Å². The van der Waals surface area contributed by atoms with Gasteiger partial charge in [-0.1, -0.05) is 33.8 Å². The average molecular weight is 266 g/mol. The van der Waals surface area contributed by atoms with E-state index in [9.17, 15) is 4.39 Å². The number of piperazine rings is 1. The highest BCUT2D eigenvalue weighted by Crippen LogP contribution is 2.24. The fourth-order valence-electron chi connectivity index (χ4n) is 2.19. The number of hydrogen-bond donors (Lipinski definition) is 0. The van der Waals surface area contributed by atoms with Crippen LogP contribution in [-0.2, 0) is 0 Å². The quantitative estimate of drug-likeness (QED) is 0.805. The monoisotopic (exact) mass is 266 g/mol. The second-order valence-corrected chi connectivity index (χ2v) is 5.16. The summed E-state index contributed by atoms with van der Waals surface area (Å²) in [4.78, 5) is 4.41. The van der Waals surface area contributed by atoms with E-state index in [-0.39, 0.29) is 5.82 Å². The van der Waals surface area contributed by atoms with Crippen molar-refractivity contribution < 1.29 is 4.39 Å². The van der Waals surface area contributed by atoms with Crippen LogP contribution in [0.2, 0.25) is 0 Å². The Hall–Kier alpha value is -1.09. The lowest BCUT2D eigenvalue weighted by Crippen LogP contribution is -2.44. The van der Waals surface area contributed by atoms with E-state index in [1.165, 1.54) is 0 Å². The summed E-state index contributed by atoms with van der Waals surface area (Å²) in [6.07, 6.45) is 0. The zero-order chi connectivity index (χ0) is 14.4. The van der Waals surface area contributed by atoms with Gasteiger partial charge in [0.05, 0.1) is 5.69 Å². The maximum Gasteiger partial charge on any atom is 0.146 e. The third-order valence-electron chi connectivity index (χ3n) is 3.48. The van der Waals surface area contributed by atoms with E-state index >= 15 is 0 Å². The van der Waals surface area contributed by atoms with Crippen molar-refractivity contribution in [1.82, 2.24) is 4.90 Å². The molecule has 1 aromatic carbocycles. The van der Waals surface area contributed by atoms with E-state index in [0.717, 1.165) is 37.4 Å². The summed E-state index contributed by atoms with van der Waals surface area (Å²) >= 11 is 0. The van der Waals surface area contributed by atoms with E-state index in [4.69, 9.17) is 0 Å². The molecule has 0 saturated carbocycles. The lowest BCUT2D eigenvalue weighted by molar-refractivity contribution is 0.311. The van der Waals surface area contributed by atoms with Gasteiger partial charge in [-0.15, -0.1) is 0 Å². The van der Waals surface area contributed by atoms with Gasteiger partial charge in [-0.05, 0) is 30.7 Å². The molecule has 1 saturated heterocycles. The molecular weight excluding hydrogens is 239 g/mol. The first-order valence-corrected chi connectivity index (χ1v) is 7.31. The van der Waals surface area contributed by atoms with Crippen LogP contribution in [-0.4, -0.2) is 38.1 Å². The van der Waals surface area contributed by atoms with E-state index in [2.05, 4.69) is 30.7 Å². The molecule has 3 heteroatoms. The standard InChI is InChI=1S/C14H21FN2.C2H6/c1-11(2)12-4-5-14(13(15)10-12)17-8-6-16(3)7-9-17;1-2/h4-5,10-11H,6-9H2,1-3H3;1-2H3. The Morgan fingerprint density at radius 2 is 1.63 bits per heavy atom. The molecule has 1 fully saturated rings. The molecule has 0 aliphatic carbocycles. The average Bonchev–Trinajstić information content (AvgIpc) is 2.42. The van der Waals surface area contributed by atoms with Gasteiger partial charge >= 0.3 is 0 Å². The Morgan fingerprint density at radius 3 is 2.11 bits per heavy atom. The third kappa shape index (κ3) is 4.20. The summed E-state index contributed by atoms with van der Waals surface area (Å²) in [5, 5.41) is 0. The predicted molar refractivity (Wildman–Crippen MR) is 81.5 cm³/mol. The molecule has 0 amide bonds. The molecule has 2 rings (SSSR count). The number of likely N-dealkylation sites (N-methyl/N-ethyl adjacent to an activating group) is 1. The summed E-state index contributed by atoms with van der Waals surface area (Å²) < 4.78 is 14.0. The molecule has 2 nitrogen and oxygen atoms in total. The van der Waals surface area contributed by atoms with Crippen molar-refractivity contribution in [3.05, 3.63) is 29.6 Å². The second-order valence-electron chi connectivity index (χ2n) is 5.16. The van der Waals surface area contributed by atoms with Crippen LogP contribution in [0.4, 0.5) is 10.1 Å². The molecular formula is C16H27FN2. The van der Waals surface area contributed by atoms with Gasteiger partial charge in [0.1, 0.15) is 5.82 Å². The minimum absolute atomic E-state index is 0.0826. The van der Waals surface area contributed by atoms with Crippen LogP contribution in [0.15, 0.2) is 18.2 Å². The van der Waals surface area contributed by atoms with E-state index in [0.29, 0.717) is 5.92 Å². The lowest BCUT2D eigenvalue weighted by atomic mass is 10.0. The zero-order valence-electron chi connectivity index (χ0n) is 12.9. The Labute approximate surface area is 117 Å². The van der Waals surface area contributed by atoms with Crippen LogP contribution in [0.5, 0.6) is 0 Å². The summed E-state index contributed by atoms with van der Waals surface area (Å²) in [7, 11) is 2.11. The van der Waals surface area contributed by atoms with Crippen molar-refractivity contribution in [2.75, 3.05) is 38.1 Å². The van der Waals surface area contributed by atoms with Gasteiger partial charge in [0.2, 0.25) is 0 Å². The molecule has 108 valence electrons. The van der Waals surface area contributed by atoms with Gasteiger partial charge in [0.25, 0.3) is 0 Å². The maximum atomic E-state index is 14.0. The SMILES string of the molecule is CC.CC(C)c1ccc(N2CCN(C)CC2)c(F)c1. The number of anilines is 1. The number of hydrogen-bond acceptors (Lipinski definition) is 2. The van der Waals surface area contributed by atoms with Crippen LogP contribution in [0.1, 0.15) is 39.2 Å². The molecule has 0 spiro atoms. The highest BCUT2D eigenvalue weighted by molar-refractivity contribution is 5.50. The molecule has 1 aromatic rings. The van der Waals surface area contributed by atoms with Crippen LogP contribution in [0.25, 0.3) is 0 Å². The molecule has 0 aromatic heterocycles. The number of rotatable bonds is 2. The first-order chi connectivity index (χ1) is 9.08. The fourth-order valence-corrected chi connectivity index (χ4v) is 2.19. The van der Waals surface area contributed by atoms with Crippen molar-refractivity contribution in [2.45, 2.75) is 33.6 Å². The molecule has 0 bridgehead atoms. The molecule has 1 aliphatic heterocycles. The summed E-state index contributed by atoms with van der Waals surface area (Å²) in [5.74, 6) is 0.298. The first kappa shape index (κ1) is 16.0. The largest absolute Gasteiger partial charge is 0.367 e. The van der Waals surface area contributed by atoms with Gasteiger partial charge in [0, 0.05) is 26.2 Å². The van der Waals surface area contributed by atoms with Gasteiger partial charge in [-0.25, -0.2) is 4.39 Å². The van der Waals surface area contributed by atoms with Crippen LogP contribution >= 0.6 is 0 Å². The van der Waals surface area contributed by atoms with Crippen molar-refractivity contribution in [1.29, 1.82) is 0 Å². The van der Waals surface area contributed by atoms with Crippen molar-refractivity contribution in [2.24, 2.45) is 0 Å². The lowest BCUT2D eigenvalue weighted by Gasteiger charge is -2.34. The Morgan fingerprint density at radius 1 is 1.05 bits per heavy atom. The van der Waals surface area contributed by atoms with E-state index in [1.54, 1.807) is 6.07 Å². The van der Waals surface area contributed by atoms with Gasteiger partial charge < -0.3 is 9.80 Å². The minimum Gasteiger partial charge on any atom is -0.367 e. The molecule has 1 aliphatic rings. The minimum atomic E-state index is -0.0826. The molecule has 0 N–H and O–H groups in total. The summed E-state index contributed by atoms with van der Waals surface area (Å²) in [5.41, 5.74) is 1.82.